The van der Waals surface area contributed by atoms with Crippen LogP contribution >= 0.6 is 0 Å². The van der Waals surface area contributed by atoms with Crippen LogP contribution in [0.1, 0.15) is 120 Å². The number of hydrogen-bond acceptors (Lipinski definition) is 3. The van der Waals surface area contributed by atoms with E-state index in [1.807, 2.05) is 18.2 Å². The molecule has 0 bridgehead atoms. The smallest absolute Gasteiger partial charge is 0.338 e. The number of phenols is 1. The van der Waals surface area contributed by atoms with E-state index in [2.05, 4.69) is 6.92 Å². The standard InChI is InChI=1S/C29H44O3/c1-2-3-4-5-6-7-8-9-10-11-12-13-14-15-16-17-24-32-29(31)26-22-18-20-25-21-19-23-27(30)28(25)26/h18-23,30H,2-17,24H2,1H3. The molecule has 32 heavy (non-hydrogen) atoms. The van der Waals surface area contributed by atoms with Crippen molar-refractivity contribution < 1.29 is 14.6 Å². The normalized spacial score (nSPS) is 11.2. The fourth-order valence-corrected chi connectivity index (χ4v) is 4.38. The first kappa shape index (κ1) is 26.2. The van der Waals surface area contributed by atoms with E-state index in [1.54, 1.807) is 18.2 Å². The lowest BCUT2D eigenvalue weighted by molar-refractivity contribution is 0.0499. The molecule has 3 heteroatoms. The Labute approximate surface area is 195 Å². The Morgan fingerprint density at radius 3 is 1.69 bits per heavy atom. The van der Waals surface area contributed by atoms with Crippen LogP contribution in [0.4, 0.5) is 0 Å². The lowest BCUT2D eigenvalue weighted by atomic mass is 10.0. The molecule has 2 aromatic rings. The number of aromatic hydroxyl groups is 1. The Morgan fingerprint density at radius 1 is 0.688 bits per heavy atom. The summed E-state index contributed by atoms with van der Waals surface area (Å²) >= 11 is 0. The van der Waals surface area contributed by atoms with Crippen LogP contribution in [0.25, 0.3) is 10.8 Å². The van der Waals surface area contributed by atoms with E-state index in [4.69, 9.17) is 4.74 Å². The van der Waals surface area contributed by atoms with Crippen LogP contribution in [0.3, 0.4) is 0 Å². The van der Waals surface area contributed by atoms with Gasteiger partial charge < -0.3 is 9.84 Å². The van der Waals surface area contributed by atoms with Crippen LogP contribution in [0.15, 0.2) is 36.4 Å². The molecular weight excluding hydrogens is 396 g/mol. The molecule has 1 N–H and O–H groups in total. The molecule has 0 amide bonds. The monoisotopic (exact) mass is 440 g/mol. The van der Waals surface area contributed by atoms with Crippen molar-refractivity contribution in [3.8, 4) is 5.75 Å². The molecule has 0 aliphatic carbocycles. The average Bonchev–Trinajstić information content (AvgIpc) is 2.80. The number of carbonyl (C=O) groups excluding carboxylic acids is 1. The zero-order valence-corrected chi connectivity index (χ0v) is 20.2. The van der Waals surface area contributed by atoms with Crippen molar-refractivity contribution in [2.75, 3.05) is 6.61 Å². The summed E-state index contributed by atoms with van der Waals surface area (Å²) in [7, 11) is 0. The van der Waals surface area contributed by atoms with E-state index in [9.17, 15) is 9.90 Å². The summed E-state index contributed by atoms with van der Waals surface area (Å²) in [6.45, 7) is 2.72. The highest BCUT2D eigenvalue weighted by molar-refractivity contribution is 6.06. The van der Waals surface area contributed by atoms with Gasteiger partial charge in [0.25, 0.3) is 0 Å². The van der Waals surface area contributed by atoms with E-state index < -0.39 is 0 Å². The zero-order chi connectivity index (χ0) is 22.9. The van der Waals surface area contributed by atoms with Gasteiger partial charge in [0.1, 0.15) is 5.75 Å². The number of rotatable bonds is 18. The van der Waals surface area contributed by atoms with Gasteiger partial charge in [-0.05, 0) is 23.9 Å². The number of phenolic OH excluding ortho intramolecular Hbond substituents is 1. The Bertz CT molecular complexity index is 763. The van der Waals surface area contributed by atoms with Gasteiger partial charge in [0, 0.05) is 5.39 Å². The van der Waals surface area contributed by atoms with Crippen molar-refractivity contribution in [3.05, 3.63) is 42.0 Å². The molecule has 178 valence electrons. The maximum Gasteiger partial charge on any atom is 0.338 e. The summed E-state index contributed by atoms with van der Waals surface area (Å²) < 4.78 is 5.46. The molecule has 0 aliphatic rings. The third-order valence-corrected chi connectivity index (χ3v) is 6.33. The molecule has 2 rings (SSSR count). The maximum absolute atomic E-state index is 12.4. The van der Waals surface area contributed by atoms with Gasteiger partial charge in [-0.1, -0.05) is 128 Å². The molecule has 0 saturated carbocycles. The van der Waals surface area contributed by atoms with E-state index in [-0.39, 0.29) is 11.7 Å². The van der Waals surface area contributed by atoms with Crippen molar-refractivity contribution in [3.63, 3.8) is 0 Å². The predicted octanol–water partition coefficient (Wildman–Crippen LogP) is 8.96. The summed E-state index contributed by atoms with van der Waals surface area (Å²) in [6, 6.07) is 10.7. The SMILES string of the molecule is CCCCCCCCCCCCCCCCCCOC(=O)c1cccc2cccc(O)c12. The van der Waals surface area contributed by atoms with Crippen molar-refractivity contribution >= 4 is 16.7 Å². The van der Waals surface area contributed by atoms with E-state index in [0.717, 1.165) is 18.2 Å². The molecule has 0 aromatic heterocycles. The Morgan fingerprint density at radius 2 is 1.16 bits per heavy atom. The van der Waals surface area contributed by atoms with Crippen molar-refractivity contribution in [2.24, 2.45) is 0 Å². The molecule has 0 atom stereocenters. The number of hydrogen-bond donors (Lipinski definition) is 1. The first-order valence-electron chi connectivity index (χ1n) is 13.1. The van der Waals surface area contributed by atoms with Gasteiger partial charge in [-0.25, -0.2) is 4.79 Å². The van der Waals surface area contributed by atoms with Gasteiger partial charge >= 0.3 is 5.97 Å². The quantitative estimate of drug-likeness (QED) is 0.186. The van der Waals surface area contributed by atoms with Crippen molar-refractivity contribution in [2.45, 2.75) is 110 Å². The molecule has 0 aliphatic heterocycles. The Hall–Kier alpha value is -2.03. The van der Waals surface area contributed by atoms with Gasteiger partial charge in [0.2, 0.25) is 0 Å². The summed E-state index contributed by atoms with van der Waals surface area (Å²) in [4.78, 5) is 12.4. The molecule has 0 fully saturated rings. The zero-order valence-electron chi connectivity index (χ0n) is 20.2. The topological polar surface area (TPSA) is 46.5 Å². The third-order valence-electron chi connectivity index (χ3n) is 6.33. The summed E-state index contributed by atoms with van der Waals surface area (Å²) in [6.07, 6.45) is 21.2. The predicted molar refractivity (Wildman–Crippen MR) is 135 cm³/mol. The highest BCUT2D eigenvalue weighted by atomic mass is 16.5. The fraction of sp³-hybridized carbons (Fsp3) is 0.621. The van der Waals surface area contributed by atoms with E-state index >= 15 is 0 Å². The fourth-order valence-electron chi connectivity index (χ4n) is 4.38. The molecule has 0 spiro atoms. The van der Waals surface area contributed by atoms with Gasteiger partial charge in [-0.15, -0.1) is 0 Å². The van der Waals surface area contributed by atoms with Gasteiger partial charge in [-0.2, -0.15) is 0 Å². The van der Waals surface area contributed by atoms with Crippen LogP contribution in [0, 0.1) is 0 Å². The summed E-state index contributed by atoms with van der Waals surface area (Å²) in [5.74, 6) is -0.226. The highest BCUT2D eigenvalue weighted by Crippen LogP contribution is 2.28. The number of benzene rings is 2. The number of esters is 1. The number of carbonyl (C=O) groups is 1. The second-order valence-corrected chi connectivity index (χ2v) is 9.12. The minimum absolute atomic E-state index is 0.123. The molecule has 0 radical (unpaired) electrons. The van der Waals surface area contributed by atoms with Crippen LogP contribution in [0.2, 0.25) is 0 Å². The largest absolute Gasteiger partial charge is 0.507 e. The van der Waals surface area contributed by atoms with Crippen LogP contribution in [-0.4, -0.2) is 17.7 Å². The number of ether oxygens (including phenoxy) is 1. The highest BCUT2D eigenvalue weighted by Gasteiger charge is 2.13. The molecular formula is C29H44O3. The first-order valence-corrected chi connectivity index (χ1v) is 13.1. The minimum Gasteiger partial charge on any atom is -0.507 e. The van der Waals surface area contributed by atoms with Crippen molar-refractivity contribution in [1.82, 2.24) is 0 Å². The average molecular weight is 441 g/mol. The molecule has 3 nitrogen and oxygen atoms in total. The molecule has 0 heterocycles. The van der Waals surface area contributed by atoms with Gasteiger partial charge in [0.05, 0.1) is 12.2 Å². The van der Waals surface area contributed by atoms with Crippen LogP contribution < -0.4 is 0 Å². The van der Waals surface area contributed by atoms with Crippen molar-refractivity contribution in [1.29, 1.82) is 0 Å². The minimum atomic E-state index is -0.349. The Kier molecular flexibility index (Phi) is 13.6. The third kappa shape index (κ3) is 10.1. The molecule has 2 aromatic carbocycles. The first-order chi connectivity index (χ1) is 15.7. The molecule has 0 unspecified atom stereocenters. The second kappa shape index (κ2) is 16.6. The van der Waals surface area contributed by atoms with Crippen LogP contribution in [0.5, 0.6) is 5.75 Å². The van der Waals surface area contributed by atoms with E-state index in [1.165, 1.54) is 89.9 Å². The number of fused-ring (bicyclic) bond motifs is 1. The Balaban J connectivity index is 1.43. The lowest BCUT2D eigenvalue weighted by Gasteiger charge is -2.09. The summed E-state index contributed by atoms with van der Waals surface area (Å²) in [5, 5.41) is 11.5. The molecule has 0 saturated heterocycles. The lowest BCUT2D eigenvalue weighted by Crippen LogP contribution is -2.07. The van der Waals surface area contributed by atoms with Crippen LogP contribution in [-0.2, 0) is 4.74 Å². The van der Waals surface area contributed by atoms with Gasteiger partial charge in [0.15, 0.2) is 0 Å². The maximum atomic E-state index is 12.4. The van der Waals surface area contributed by atoms with Gasteiger partial charge in [-0.3, -0.25) is 0 Å². The summed E-state index contributed by atoms with van der Waals surface area (Å²) in [5.41, 5.74) is 0.442. The second-order valence-electron chi connectivity index (χ2n) is 9.12. The number of unbranched alkanes of at least 4 members (excludes halogenated alkanes) is 15. The van der Waals surface area contributed by atoms with E-state index in [0.29, 0.717) is 17.6 Å².